The Kier molecular flexibility index (Phi) is 7.00. The van der Waals surface area contributed by atoms with Crippen molar-refractivity contribution in [1.82, 2.24) is 15.2 Å². The maximum Gasteiger partial charge on any atom is 0.490 e. The van der Waals surface area contributed by atoms with E-state index in [4.69, 9.17) is 15.6 Å². The first kappa shape index (κ1) is 24.5. The number of allylic oxidation sites excluding steroid dienone is 1. The standard InChI is InChI=1S/C17H18N4O4S.C2HF3O2/c18-13-15(23)21-14(17(24)25)10(7-26-16(13)21)12(9-1-3-19-6-9)8-2-4-20-11(22)5-8;3-2(4,5)1(6)7/h2,4-5,13,16,19H,1,3,6-7,18H2,(H,20,22)(H,24,25);(H,6,7)/b12-9+;/t13-,16-;/m1./s1. The molecular weight excluding hydrogens is 469 g/mol. The van der Waals surface area contributed by atoms with E-state index in [9.17, 15) is 32.7 Å². The monoisotopic (exact) mass is 488 g/mol. The van der Waals surface area contributed by atoms with Gasteiger partial charge in [-0.25, -0.2) is 9.59 Å². The number of hydrogen-bond acceptors (Lipinski definition) is 7. The fourth-order valence-corrected chi connectivity index (χ4v) is 4.98. The first-order valence-corrected chi connectivity index (χ1v) is 10.6. The average Bonchev–Trinajstić information content (AvgIpc) is 3.27. The molecule has 1 amide bonds. The molecule has 0 aromatic carbocycles. The van der Waals surface area contributed by atoms with Gasteiger partial charge in [-0.05, 0) is 35.7 Å². The number of carbonyl (C=O) groups excluding carboxylic acids is 1. The summed E-state index contributed by atoms with van der Waals surface area (Å²) in [6.07, 6.45) is -2.77. The van der Waals surface area contributed by atoms with Crippen LogP contribution in [0.4, 0.5) is 13.2 Å². The van der Waals surface area contributed by atoms with Crippen LogP contribution in [0.5, 0.6) is 0 Å². The Morgan fingerprint density at radius 2 is 1.91 bits per heavy atom. The smallest absolute Gasteiger partial charge is 0.477 e. The number of H-pyrrole nitrogens is 1. The molecule has 33 heavy (non-hydrogen) atoms. The first-order chi connectivity index (χ1) is 15.4. The number of nitrogens with zero attached hydrogens (tertiary/aromatic N) is 1. The molecule has 3 aliphatic heterocycles. The van der Waals surface area contributed by atoms with Gasteiger partial charge in [0.25, 0.3) is 0 Å². The molecule has 2 atom stereocenters. The molecule has 0 saturated carbocycles. The number of rotatable bonds is 3. The van der Waals surface area contributed by atoms with Gasteiger partial charge in [-0.3, -0.25) is 14.5 Å². The second-order valence-corrected chi connectivity index (χ2v) is 8.32. The lowest BCUT2D eigenvalue weighted by molar-refractivity contribution is -0.192. The predicted octanol–water partition coefficient (Wildman–Crippen LogP) is 0.336. The average molecular weight is 488 g/mol. The molecule has 178 valence electrons. The highest BCUT2D eigenvalue weighted by Crippen LogP contribution is 2.44. The van der Waals surface area contributed by atoms with Gasteiger partial charge >= 0.3 is 18.1 Å². The quantitative estimate of drug-likeness (QED) is 0.377. The van der Waals surface area contributed by atoms with Crippen LogP contribution in [0.15, 0.2) is 40.0 Å². The normalized spacial score (nSPS) is 23.9. The van der Waals surface area contributed by atoms with Gasteiger partial charge in [0.05, 0.1) is 0 Å². The number of nitrogens with two attached hydrogens (primary N) is 1. The summed E-state index contributed by atoms with van der Waals surface area (Å²) >= 11 is 1.46. The zero-order valence-electron chi connectivity index (χ0n) is 16.8. The minimum absolute atomic E-state index is 0.0184. The number of pyridine rings is 1. The molecule has 0 unspecified atom stereocenters. The summed E-state index contributed by atoms with van der Waals surface area (Å²) in [6, 6.07) is 2.56. The van der Waals surface area contributed by atoms with Gasteiger partial charge in [0, 0.05) is 30.1 Å². The number of halogens is 3. The largest absolute Gasteiger partial charge is 0.490 e. The van der Waals surface area contributed by atoms with Crippen molar-refractivity contribution in [2.24, 2.45) is 5.73 Å². The van der Waals surface area contributed by atoms with Crippen molar-refractivity contribution < 1.29 is 37.8 Å². The molecule has 4 heterocycles. The summed E-state index contributed by atoms with van der Waals surface area (Å²) < 4.78 is 31.7. The first-order valence-electron chi connectivity index (χ1n) is 9.52. The van der Waals surface area contributed by atoms with E-state index in [0.717, 1.165) is 24.1 Å². The summed E-state index contributed by atoms with van der Waals surface area (Å²) in [6.45, 7) is 1.42. The number of fused-ring (bicyclic) bond motifs is 1. The fraction of sp³-hybridized carbons (Fsp3) is 0.368. The van der Waals surface area contributed by atoms with E-state index in [1.165, 1.54) is 22.7 Å². The van der Waals surface area contributed by atoms with Crippen LogP contribution in [-0.2, 0) is 14.4 Å². The van der Waals surface area contributed by atoms with Crippen LogP contribution < -0.4 is 16.6 Å². The third-order valence-corrected chi connectivity index (χ3v) is 6.42. The molecule has 0 aliphatic carbocycles. The highest BCUT2D eigenvalue weighted by molar-refractivity contribution is 8.00. The third-order valence-electron chi connectivity index (χ3n) is 5.12. The van der Waals surface area contributed by atoms with Crippen LogP contribution in [0, 0.1) is 0 Å². The number of aromatic nitrogens is 1. The summed E-state index contributed by atoms with van der Waals surface area (Å²) in [4.78, 5) is 48.8. The maximum atomic E-state index is 12.2. The number of amides is 1. The number of β-lactam (4-membered cyclic amide) rings is 1. The van der Waals surface area contributed by atoms with Crippen molar-refractivity contribution in [1.29, 1.82) is 0 Å². The van der Waals surface area contributed by atoms with Gasteiger partial charge in [0.2, 0.25) is 11.5 Å². The number of hydrogen-bond donors (Lipinski definition) is 5. The number of alkyl halides is 3. The summed E-state index contributed by atoms with van der Waals surface area (Å²) in [5.41, 5.74) is 8.57. The van der Waals surface area contributed by atoms with Crippen LogP contribution >= 0.6 is 11.8 Å². The van der Waals surface area contributed by atoms with Gasteiger partial charge in [-0.1, -0.05) is 0 Å². The zero-order chi connectivity index (χ0) is 24.5. The van der Waals surface area contributed by atoms with Gasteiger partial charge in [0.1, 0.15) is 17.1 Å². The van der Waals surface area contributed by atoms with Gasteiger partial charge in [-0.2, -0.15) is 13.2 Å². The lowest BCUT2D eigenvalue weighted by Crippen LogP contribution is -2.68. The SMILES string of the molecule is N[C@@H]1C(=O)N2C(C(=O)O)=C(/C(=C3\CCNC3)c3cc[nH]c(=O)c3)CS[C@H]12.O=C(O)C(F)(F)F. The Labute approximate surface area is 188 Å². The van der Waals surface area contributed by atoms with Crippen LogP contribution in [0.25, 0.3) is 5.57 Å². The van der Waals surface area contributed by atoms with Crippen LogP contribution in [0.1, 0.15) is 12.0 Å². The molecule has 10 nitrogen and oxygen atoms in total. The highest BCUT2D eigenvalue weighted by Gasteiger charge is 2.52. The number of carboxylic acid groups (broad SMARTS) is 2. The van der Waals surface area contributed by atoms with Crippen LogP contribution in [-0.4, -0.2) is 74.4 Å². The van der Waals surface area contributed by atoms with Crippen molar-refractivity contribution in [2.75, 3.05) is 18.8 Å². The van der Waals surface area contributed by atoms with E-state index >= 15 is 0 Å². The Balaban J connectivity index is 0.000000383. The highest BCUT2D eigenvalue weighted by atomic mass is 32.2. The second-order valence-electron chi connectivity index (χ2n) is 7.22. The Morgan fingerprint density at radius 3 is 2.42 bits per heavy atom. The molecule has 1 aromatic rings. The minimum Gasteiger partial charge on any atom is -0.477 e. The van der Waals surface area contributed by atoms with Crippen molar-refractivity contribution in [2.45, 2.75) is 24.0 Å². The Morgan fingerprint density at radius 1 is 1.24 bits per heavy atom. The minimum atomic E-state index is -5.08. The van der Waals surface area contributed by atoms with E-state index in [1.54, 1.807) is 12.3 Å². The molecule has 6 N–H and O–H groups in total. The van der Waals surface area contributed by atoms with E-state index in [-0.39, 0.29) is 22.5 Å². The number of carbonyl (C=O) groups is 3. The molecule has 2 saturated heterocycles. The lowest BCUT2D eigenvalue weighted by atomic mass is 9.90. The Hall–Kier alpha value is -3.10. The second kappa shape index (κ2) is 9.41. The molecule has 4 rings (SSSR count). The van der Waals surface area contributed by atoms with E-state index < -0.39 is 24.2 Å². The number of thioether (sulfide) groups is 1. The van der Waals surface area contributed by atoms with Crippen molar-refractivity contribution in [3.8, 4) is 0 Å². The van der Waals surface area contributed by atoms with E-state index in [2.05, 4.69) is 10.3 Å². The molecule has 2 fully saturated rings. The van der Waals surface area contributed by atoms with Crippen molar-refractivity contribution in [3.63, 3.8) is 0 Å². The zero-order valence-corrected chi connectivity index (χ0v) is 17.6. The number of aromatic amines is 1. The molecular formula is C19H19F3N4O6S. The number of carboxylic acids is 2. The van der Waals surface area contributed by atoms with Gasteiger partial charge in [-0.15, -0.1) is 11.8 Å². The predicted molar refractivity (Wildman–Crippen MR) is 111 cm³/mol. The van der Waals surface area contributed by atoms with E-state index in [1.807, 2.05) is 0 Å². The fourth-order valence-electron chi connectivity index (χ4n) is 3.68. The van der Waals surface area contributed by atoms with E-state index in [0.29, 0.717) is 23.4 Å². The van der Waals surface area contributed by atoms with Crippen LogP contribution in [0.3, 0.4) is 0 Å². The third kappa shape index (κ3) is 4.96. The number of aliphatic carboxylic acids is 2. The molecule has 1 aromatic heterocycles. The van der Waals surface area contributed by atoms with Crippen molar-refractivity contribution >= 4 is 35.2 Å². The summed E-state index contributed by atoms with van der Waals surface area (Å²) in [7, 11) is 0. The van der Waals surface area contributed by atoms with Gasteiger partial charge < -0.3 is 26.2 Å². The number of nitrogens with one attached hydrogen (secondary N) is 2. The molecule has 14 heteroatoms. The Bertz CT molecular complexity index is 1110. The topological polar surface area (TPSA) is 166 Å². The molecule has 3 aliphatic rings. The summed E-state index contributed by atoms with van der Waals surface area (Å²) in [5, 5.41) is 19.9. The lowest BCUT2D eigenvalue weighted by Gasteiger charge is -2.48. The summed E-state index contributed by atoms with van der Waals surface area (Å²) in [5.74, 6) is -3.86. The maximum absolute atomic E-state index is 12.2. The molecule has 0 bridgehead atoms. The van der Waals surface area contributed by atoms with Crippen molar-refractivity contribution in [3.05, 3.63) is 51.1 Å². The molecule has 0 spiro atoms. The van der Waals surface area contributed by atoms with Crippen LogP contribution in [0.2, 0.25) is 0 Å². The van der Waals surface area contributed by atoms with Gasteiger partial charge in [0.15, 0.2) is 0 Å². The molecule has 0 radical (unpaired) electrons.